The van der Waals surface area contributed by atoms with Crippen molar-refractivity contribution < 1.29 is 23.1 Å². The van der Waals surface area contributed by atoms with Gasteiger partial charge in [-0.15, -0.1) is 0 Å². The fourth-order valence-electron chi connectivity index (χ4n) is 3.28. The van der Waals surface area contributed by atoms with E-state index in [1.54, 1.807) is 12.1 Å². The van der Waals surface area contributed by atoms with Crippen LogP contribution in [0.3, 0.4) is 0 Å². The number of benzene rings is 2. The number of aromatic carboxylic acids is 1. The first-order valence-corrected chi connectivity index (χ1v) is 11.6. The Bertz CT molecular complexity index is 1060. The highest BCUT2D eigenvalue weighted by atomic mass is 35.5. The van der Waals surface area contributed by atoms with Crippen LogP contribution in [0.5, 0.6) is 0 Å². The number of hydrogen-bond donors (Lipinski definition) is 2. The predicted molar refractivity (Wildman–Crippen MR) is 115 cm³/mol. The average Bonchev–Trinajstić information content (AvgIpc) is 2.71. The van der Waals surface area contributed by atoms with Crippen molar-refractivity contribution in [1.29, 1.82) is 0 Å². The quantitative estimate of drug-likeness (QED) is 0.666. The minimum absolute atomic E-state index is 0.0860. The first-order valence-electron chi connectivity index (χ1n) is 9.21. The lowest BCUT2D eigenvalue weighted by atomic mass is 9.98. The van der Waals surface area contributed by atoms with Crippen LogP contribution in [-0.4, -0.2) is 42.8 Å². The van der Waals surface area contributed by atoms with Gasteiger partial charge in [0.25, 0.3) is 0 Å². The van der Waals surface area contributed by atoms with E-state index in [9.17, 15) is 18.0 Å². The first kappa shape index (κ1) is 22.6. The zero-order valence-corrected chi connectivity index (χ0v) is 18.2. The molecule has 10 heteroatoms. The Morgan fingerprint density at radius 3 is 2.43 bits per heavy atom. The summed E-state index contributed by atoms with van der Waals surface area (Å²) in [5, 5.41) is 12.3. The first-order chi connectivity index (χ1) is 14.2. The summed E-state index contributed by atoms with van der Waals surface area (Å²) in [6, 6.07) is 10.5. The molecule has 1 saturated heterocycles. The molecular weight excluding hydrogens is 451 g/mol. The van der Waals surface area contributed by atoms with E-state index in [2.05, 4.69) is 5.32 Å². The van der Waals surface area contributed by atoms with Gasteiger partial charge in [0.1, 0.15) is 0 Å². The van der Waals surface area contributed by atoms with E-state index in [0.29, 0.717) is 35.7 Å². The van der Waals surface area contributed by atoms with Gasteiger partial charge in [0.2, 0.25) is 15.9 Å². The van der Waals surface area contributed by atoms with Gasteiger partial charge in [-0.05, 0) is 54.8 Å². The van der Waals surface area contributed by atoms with Crippen molar-refractivity contribution in [3.63, 3.8) is 0 Å². The van der Waals surface area contributed by atoms with Crippen LogP contribution in [0.1, 0.15) is 28.8 Å². The second kappa shape index (κ2) is 9.34. The van der Waals surface area contributed by atoms with Crippen molar-refractivity contribution in [2.24, 2.45) is 5.92 Å². The van der Waals surface area contributed by atoms with Crippen LogP contribution in [0.4, 0.5) is 5.69 Å². The number of carbonyl (C=O) groups is 2. The average molecular weight is 471 g/mol. The molecule has 0 aliphatic carbocycles. The molecule has 1 aliphatic heterocycles. The molecule has 0 saturated carbocycles. The number of carboxylic acid groups (broad SMARTS) is 1. The van der Waals surface area contributed by atoms with E-state index in [1.807, 2.05) is 0 Å². The molecule has 0 spiro atoms. The number of hydrogen-bond acceptors (Lipinski definition) is 4. The topological polar surface area (TPSA) is 104 Å². The number of halogens is 2. The predicted octanol–water partition coefficient (Wildman–Crippen LogP) is 3.87. The third kappa shape index (κ3) is 5.51. The maximum Gasteiger partial charge on any atom is 0.335 e. The normalized spacial score (nSPS) is 17.5. The van der Waals surface area contributed by atoms with Crippen LogP contribution in [0.2, 0.25) is 10.0 Å². The molecule has 7 nitrogen and oxygen atoms in total. The number of carbonyl (C=O) groups excluding carboxylic acids is 1. The number of anilines is 1. The summed E-state index contributed by atoms with van der Waals surface area (Å²) < 4.78 is 27.0. The van der Waals surface area contributed by atoms with Crippen LogP contribution in [-0.2, 0) is 20.6 Å². The van der Waals surface area contributed by atoms with E-state index in [0.717, 1.165) is 0 Å². The molecule has 1 atom stereocenters. The second-order valence-corrected chi connectivity index (χ2v) is 9.86. The molecular formula is C20H20Cl2N2O5S. The second-order valence-electron chi connectivity index (χ2n) is 7.07. The Kier molecular flexibility index (Phi) is 7.02. The molecule has 1 amide bonds. The Hall–Kier alpha value is -2.13. The van der Waals surface area contributed by atoms with Crippen LogP contribution in [0.15, 0.2) is 42.5 Å². The Morgan fingerprint density at radius 1 is 1.10 bits per heavy atom. The van der Waals surface area contributed by atoms with E-state index in [4.69, 9.17) is 28.3 Å². The van der Waals surface area contributed by atoms with Gasteiger partial charge in [-0.3, -0.25) is 4.79 Å². The van der Waals surface area contributed by atoms with E-state index in [-0.39, 0.29) is 28.8 Å². The van der Waals surface area contributed by atoms with Crippen LogP contribution >= 0.6 is 23.2 Å². The van der Waals surface area contributed by atoms with E-state index >= 15 is 0 Å². The molecule has 2 N–H and O–H groups in total. The highest BCUT2D eigenvalue weighted by Crippen LogP contribution is 2.26. The number of piperidine rings is 1. The van der Waals surface area contributed by atoms with Crippen molar-refractivity contribution in [3.05, 3.63) is 63.6 Å². The number of amides is 1. The zero-order chi connectivity index (χ0) is 21.9. The minimum atomic E-state index is -3.63. The summed E-state index contributed by atoms with van der Waals surface area (Å²) in [5.74, 6) is -2.08. The molecule has 0 unspecified atom stereocenters. The third-order valence-corrected chi connectivity index (χ3v) is 7.44. The molecule has 0 bridgehead atoms. The summed E-state index contributed by atoms with van der Waals surface area (Å²) >= 11 is 11.9. The number of rotatable bonds is 6. The van der Waals surface area contributed by atoms with Gasteiger partial charge in [-0.25, -0.2) is 17.5 Å². The lowest BCUT2D eigenvalue weighted by Gasteiger charge is -2.31. The van der Waals surface area contributed by atoms with Crippen molar-refractivity contribution in [3.8, 4) is 0 Å². The maximum atomic E-state index is 12.8. The largest absolute Gasteiger partial charge is 0.478 e. The fourth-order valence-corrected chi connectivity index (χ4v) is 5.20. The molecule has 3 rings (SSSR count). The standard InChI is InChI=1S/C20H20Cl2N2O5S/c21-17-8-3-13(10-18(17)22)12-30(28,29)24-9-1-2-15(11-24)19(25)23-16-6-4-14(5-7-16)20(26)27/h3-8,10,15H,1-2,9,11-12H2,(H,23,25)(H,26,27)/t15-/m0/s1. The summed E-state index contributed by atoms with van der Waals surface area (Å²) in [7, 11) is -3.63. The molecule has 0 aromatic heterocycles. The fraction of sp³-hybridized carbons (Fsp3) is 0.300. The number of nitrogens with one attached hydrogen (secondary N) is 1. The zero-order valence-electron chi connectivity index (χ0n) is 15.8. The summed E-state index contributed by atoms with van der Waals surface area (Å²) in [6.45, 7) is 0.434. The molecule has 160 valence electrons. The molecule has 1 heterocycles. The van der Waals surface area contributed by atoms with Crippen molar-refractivity contribution in [2.75, 3.05) is 18.4 Å². The highest BCUT2D eigenvalue weighted by Gasteiger charge is 2.32. The molecule has 1 fully saturated rings. The Morgan fingerprint density at radius 2 is 1.80 bits per heavy atom. The SMILES string of the molecule is O=C(O)c1ccc(NC(=O)[C@H]2CCCN(S(=O)(=O)Cc3ccc(Cl)c(Cl)c3)C2)cc1. The van der Waals surface area contributed by atoms with Crippen LogP contribution in [0, 0.1) is 5.92 Å². The van der Waals surface area contributed by atoms with Gasteiger partial charge >= 0.3 is 5.97 Å². The number of nitrogens with zero attached hydrogens (tertiary/aromatic N) is 1. The van der Waals surface area contributed by atoms with Crippen LogP contribution in [0.25, 0.3) is 0 Å². The van der Waals surface area contributed by atoms with Gasteiger partial charge in [0, 0.05) is 18.8 Å². The summed E-state index contributed by atoms with van der Waals surface area (Å²) in [5.41, 5.74) is 1.10. The van der Waals surface area contributed by atoms with Gasteiger partial charge in [0.05, 0.1) is 27.3 Å². The minimum Gasteiger partial charge on any atom is -0.478 e. The van der Waals surface area contributed by atoms with Gasteiger partial charge in [-0.2, -0.15) is 0 Å². The number of sulfonamides is 1. The molecule has 1 aliphatic rings. The summed E-state index contributed by atoms with van der Waals surface area (Å²) in [4.78, 5) is 23.5. The third-order valence-electron chi connectivity index (χ3n) is 4.88. The van der Waals surface area contributed by atoms with Crippen molar-refractivity contribution >= 4 is 50.8 Å². The van der Waals surface area contributed by atoms with Crippen LogP contribution < -0.4 is 5.32 Å². The Labute approximate surface area is 184 Å². The Balaban J connectivity index is 1.65. The molecule has 2 aromatic rings. The smallest absolute Gasteiger partial charge is 0.335 e. The van der Waals surface area contributed by atoms with Crippen molar-refractivity contribution in [2.45, 2.75) is 18.6 Å². The monoisotopic (exact) mass is 470 g/mol. The lowest BCUT2D eigenvalue weighted by molar-refractivity contribution is -0.120. The summed E-state index contributed by atoms with van der Waals surface area (Å²) in [6.07, 6.45) is 1.13. The maximum absolute atomic E-state index is 12.8. The van der Waals surface area contributed by atoms with E-state index in [1.165, 1.54) is 34.6 Å². The van der Waals surface area contributed by atoms with Gasteiger partial charge < -0.3 is 10.4 Å². The van der Waals surface area contributed by atoms with Gasteiger partial charge in [0.15, 0.2) is 0 Å². The highest BCUT2D eigenvalue weighted by molar-refractivity contribution is 7.88. The molecule has 2 aromatic carbocycles. The number of carboxylic acids is 1. The van der Waals surface area contributed by atoms with Gasteiger partial charge in [-0.1, -0.05) is 29.3 Å². The molecule has 30 heavy (non-hydrogen) atoms. The van der Waals surface area contributed by atoms with Crippen molar-refractivity contribution in [1.82, 2.24) is 4.31 Å². The lowest BCUT2D eigenvalue weighted by Crippen LogP contribution is -2.44. The molecule has 0 radical (unpaired) electrons. The van der Waals surface area contributed by atoms with E-state index < -0.39 is 21.9 Å².